The van der Waals surface area contributed by atoms with Gasteiger partial charge in [-0.05, 0) is 19.8 Å². The Kier molecular flexibility index (Phi) is 3.89. The second-order valence-corrected chi connectivity index (χ2v) is 6.21. The Morgan fingerprint density at radius 2 is 2.11 bits per heavy atom. The summed E-state index contributed by atoms with van der Waals surface area (Å²) in [5.41, 5.74) is 0.405. The molecular weight excluding hydrogens is 228 g/mol. The number of hydrogen-bond donors (Lipinski definition) is 1. The summed E-state index contributed by atoms with van der Waals surface area (Å²) in [6, 6.07) is 0.613. The molecule has 2 saturated heterocycles. The lowest BCUT2D eigenvalue weighted by Crippen LogP contribution is -2.63. The van der Waals surface area contributed by atoms with Crippen LogP contribution in [0.4, 0.5) is 0 Å². The number of nitrogens with zero attached hydrogens (tertiary/aromatic N) is 1. The largest absolute Gasteiger partial charge is 0.376 e. The van der Waals surface area contributed by atoms with Gasteiger partial charge in [0.1, 0.15) is 0 Å². The predicted octanol–water partition coefficient (Wildman–Crippen LogP) is 1.01. The standard InChI is InChI=1S/C14H26N2O2/c1-12-8-15-14(4-2-3-5-14)11-16(12)9-13-10-17-6-7-18-13/h12-13,15H,2-11H2,1H3. The molecule has 1 N–H and O–H groups in total. The molecule has 0 aromatic heterocycles. The van der Waals surface area contributed by atoms with Crippen molar-refractivity contribution in [3.63, 3.8) is 0 Å². The molecule has 1 aliphatic carbocycles. The van der Waals surface area contributed by atoms with Crippen LogP contribution in [0.1, 0.15) is 32.6 Å². The molecule has 4 heteroatoms. The Morgan fingerprint density at radius 3 is 2.83 bits per heavy atom. The van der Waals surface area contributed by atoms with Crippen LogP contribution in [0.2, 0.25) is 0 Å². The molecule has 18 heavy (non-hydrogen) atoms. The summed E-state index contributed by atoms with van der Waals surface area (Å²) in [6.45, 7) is 7.95. The molecule has 2 atom stereocenters. The van der Waals surface area contributed by atoms with Gasteiger partial charge in [0, 0.05) is 31.2 Å². The third kappa shape index (κ3) is 2.72. The number of nitrogens with one attached hydrogen (secondary N) is 1. The van der Waals surface area contributed by atoms with E-state index in [1.54, 1.807) is 0 Å². The van der Waals surface area contributed by atoms with E-state index < -0.39 is 0 Å². The van der Waals surface area contributed by atoms with E-state index in [4.69, 9.17) is 9.47 Å². The fourth-order valence-corrected chi connectivity index (χ4v) is 3.63. The van der Waals surface area contributed by atoms with Crippen LogP contribution in [0.15, 0.2) is 0 Å². The minimum atomic E-state index is 0.276. The molecule has 4 nitrogen and oxygen atoms in total. The number of rotatable bonds is 2. The monoisotopic (exact) mass is 254 g/mol. The van der Waals surface area contributed by atoms with Gasteiger partial charge < -0.3 is 14.8 Å². The summed E-state index contributed by atoms with van der Waals surface area (Å²) in [7, 11) is 0. The molecule has 0 bridgehead atoms. The molecule has 3 fully saturated rings. The van der Waals surface area contributed by atoms with Crippen LogP contribution in [0.25, 0.3) is 0 Å². The van der Waals surface area contributed by atoms with E-state index in [2.05, 4.69) is 17.1 Å². The lowest BCUT2D eigenvalue weighted by molar-refractivity contribution is -0.105. The van der Waals surface area contributed by atoms with Gasteiger partial charge >= 0.3 is 0 Å². The van der Waals surface area contributed by atoms with Crippen molar-refractivity contribution in [2.24, 2.45) is 0 Å². The van der Waals surface area contributed by atoms with E-state index >= 15 is 0 Å². The molecule has 2 unspecified atom stereocenters. The van der Waals surface area contributed by atoms with Crippen LogP contribution in [0.3, 0.4) is 0 Å². The molecule has 2 heterocycles. The van der Waals surface area contributed by atoms with Crippen molar-refractivity contribution >= 4 is 0 Å². The molecular formula is C14H26N2O2. The first-order valence-electron chi connectivity index (χ1n) is 7.46. The van der Waals surface area contributed by atoms with Gasteiger partial charge in [-0.15, -0.1) is 0 Å². The van der Waals surface area contributed by atoms with Gasteiger partial charge in [0.25, 0.3) is 0 Å². The molecule has 104 valence electrons. The van der Waals surface area contributed by atoms with Crippen molar-refractivity contribution in [3.05, 3.63) is 0 Å². The fourth-order valence-electron chi connectivity index (χ4n) is 3.63. The Labute approximate surface area is 110 Å². The van der Waals surface area contributed by atoms with Crippen molar-refractivity contribution in [2.45, 2.75) is 50.3 Å². The molecule has 3 aliphatic rings. The quantitative estimate of drug-likeness (QED) is 0.797. The lowest BCUT2D eigenvalue weighted by Gasteiger charge is -2.46. The highest BCUT2D eigenvalue weighted by Crippen LogP contribution is 2.33. The van der Waals surface area contributed by atoms with Crippen molar-refractivity contribution in [2.75, 3.05) is 39.5 Å². The second-order valence-electron chi connectivity index (χ2n) is 6.21. The highest BCUT2D eigenvalue weighted by molar-refractivity contribution is 5.00. The van der Waals surface area contributed by atoms with Gasteiger partial charge in [-0.1, -0.05) is 12.8 Å². The van der Waals surface area contributed by atoms with Crippen LogP contribution < -0.4 is 5.32 Å². The van der Waals surface area contributed by atoms with Gasteiger partial charge in [0.2, 0.25) is 0 Å². The average molecular weight is 254 g/mol. The summed E-state index contributed by atoms with van der Waals surface area (Å²) in [5.74, 6) is 0. The maximum absolute atomic E-state index is 5.79. The van der Waals surface area contributed by atoms with Crippen LogP contribution in [-0.2, 0) is 9.47 Å². The lowest BCUT2D eigenvalue weighted by atomic mass is 9.92. The topological polar surface area (TPSA) is 33.7 Å². The molecule has 3 rings (SSSR count). The maximum atomic E-state index is 5.79. The summed E-state index contributed by atoms with van der Waals surface area (Å²) in [6.07, 6.45) is 5.74. The van der Waals surface area contributed by atoms with Crippen molar-refractivity contribution in [1.82, 2.24) is 10.2 Å². The fraction of sp³-hybridized carbons (Fsp3) is 1.00. The molecule has 1 spiro atoms. The first kappa shape index (κ1) is 12.9. The van der Waals surface area contributed by atoms with E-state index in [0.29, 0.717) is 11.6 Å². The first-order chi connectivity index (χ1) is 8.77. The number of piperazine rings is 1. The third-order valence-corrected chi connectivity index (χ3v) is 4.79. The van der Waals surface area contributed by atoms with Gasteiger partial charge in [-0.25, -0.2) is 0 Å². The molecule has 0 aromatic carbocycles. The van der Waals surface area contributed by atoms with Crippen molar-refractivity contribution in [3.8, 4) is 0 Å². The van der Waals surface area contributed by atoms with E-state index in [0.717, 1.165) is 32.9 Å². The Hall–Kier alpha value is -0.160. The summed E-state index contributed by atoms with van der Waals surface area (Å²) < 4.78 is 11.3. The minimum absolute atomic E-state index is 0.276. The molecule has 0 aromatic rings. The van der Waals surface area contributed by atoms with Crippen LogP contribution in [0.5, 0.6) is 0 Å². The Bertz CT molecular complexity index is 273. The van der Waals surface area contributed by atoms with Gasteiger partial charge in [-0.2, -0.15) is 0 Å². The van der Waals surface area contributed by atoms with E-state index in [-0.39, 0.29) is 6.10 Å². The van der Waals surface area contributed by atoms with E-state index in [1.807, 2.05) is 0 Å². The van der Waals surface area contributed by atoms with Gasteiger partial charge in [-0.3, -0.25) is 4.90 Å². The second kappa shape index (κ2) is 5.45. The molecule has 0 amide bonds. The zero-order chi connectivity index (χ0) is 12.4. The number of ether oxygens (including phenoxy) is 2. The van der Waals surface area contributed by atoms with Crippen molar-refractivity contribution in [1.29, 1.82) is 0 Å². The van der Waals surface area contributed by atoms with E-state index in [1.165, 1.54) is 32.2 Å². The van der Waals surface area contributed by atoms with E-state index in [9.17, 15) is 0 Å². The summed E-state index contributed by atoms with van der Waals surface area (Å²) in [5, 5.41) is 3.80. The predicted molar refractivity (Wildman–Crippen MR) is 70.8 cm³/mol. The van der Waals surface area contributed by atoms with Gasteiger partial charge in [0.05, 0.1) is 25.9 Å². The number of hydrogen-bond acceptors (Lipinski definition) is 4. The summed E-state index contributed by atoms with van der Waals surface area (Å²) in [4.78, 5) is 2.61. The molecule has 0 radical (unpaired) electrons. The minimum Gasteiger partial charge on any atom is -0.376 e. The normalized spacial score (nSPS) is 37.2. The Morgan fingerprint density at radius 1 is 1.28 bits per heavy atom. The summed E-state index contributed by atoms with van der Waals surface area (Å²) >= 11 is 0. The van der Waals surface area contributed by atoms with Crippen LogP contribution >= 0.6 is 0 Å². The highest BCUT2D eigenvalue weighted by atomic mass is 16.6. The van der Waals surface area contributed by atoms with Crippen LogP contribution in [0, 0.1) is 0 Å². The average Bonchev–Trinajstić information content (AvgIpc) is 2.84. The highest BCUT2D eigenvalue weighted by Gasteiger charge is 2.40. The molecule has 2 aliphatic heterocycles. The van der Waals surface area contributed by atoms with Gasteiger partial charge in [0.15, 0.2) is 0 Å². The third-order valence-electron chi connectivity index (χ3n) is 4.79. The molecule has 1 saturated carbocycles. The zero-order valence-electron chi connectivity index (χ0n) is 11.5. The SMILES string of the molecule is CC1CNC2(CCCC2)CN1CC1COCCO1. The van der Waals surface area contributed by atoms with Crippen LogP contribution in [-0.4, -0.2) is 62.0 Å². The smallest absolute Gasteiger partial charge is 0.0936 e. The zero-order valence-corrected chi connectivity index (χ0v) is 11.5. The van der Waals surface area contributed by atoms with Crippen molar-refractivity contribution < 1.29 is 9.47 Å². The Balaban J connectivity index is 1.58. The first-order valence-corrected chi connectivity index (χ1v) is 7.46. The maximum Gasteiger partial charge on any atom is 0.0936 e.